The van der Waals surface area contributed by atoms with E-state index in [1.54, 1.807) is 7.05 Å². The van der Waals surface area contributed by atoms with Crippen LogP contribution >= 0.6 is 23.2 Å². The minimum atomic E-state index is -0.457. The predicted octanol–water partition coefficient (Wildman–Crippen LogP) is 2.46. The lowest BCUT2D eigenvalue weighted by atomic mass is 10.2. The van der Waals surface area contributed by atoms with Crippen molar-refractivity contribution in [3.05, 3.63) is 54.6 Å². The van der Waals surface area contributed by atoms with Crippen molar-refractivity contribution in [2.24, 2.45) is 7.05 Å². The summed E-state index contributed by atoms with van der Waals surface area (Å²) in [6, 6.07) is 5.56. The van der Waals surface area contributed by atoms with E-state index in [4.69, 9.17) is 23.2 Å². The Labute approximate surface area is 183 Å². The van der Waals surface area contributed by atoms with Gasteiger partial charge in [-0.15, -0.1) is 0 Å². The number of nitrogens with one attached hydrogen (secondary N) is 1. The number of H-pyrrole nitrogens is 1. The highest BCUT2D eigenvalue weighted by molar-refractivity contribution is 6.35. The summed E-state index contributed by atoms with van der Waals surface area (Å²) < 4.78 is 3.32. The minimum absolute atomic E-state index is 0.396. The molecule has 0 amide bonds. The Bertz CT molecular complexity index is 1170. The molecule has 3 heterocycles. The Kier molecular flexibility index (Phi) is 5.90. The summed E-state index contributed by atoms with van der Waals surface area (Å²) in [7, 11) is 1.62. The number of piperazine rings is 1. The van der Waals surface area contributed by atoms with Crippen LogP contribution in [0.1, 0.15) is 18.9 Å². The maximum Gasteiger partial charge on any atom is 0.329 e. The predicted molar refractivity (Wildman–Crippen MR) is 120 cm³/mol. The highest BCUT2D eigenvalue weighted by Gasteiger charge is 2.25. The first kappa shape index (κ1) is 21.0. The lowest BCUT2D eigenvalue weighted by Crippen LogP contribution is -2.47. The smallest absolute Gasteiger partial charge is 0.329 e. The van der Waals surface area contributed by atoms with Gasteiger partial charge in [-0.1, -0.05) is 36.2 Å². The van der Waals surface area contributed by atoms with E-state index in [-0.39, 0.29) is 0 Å². The summed E-state index contributed by atoms with van der Waals surface area (Å²) in [5.74, 6) is 0.731. The van der Waals surface area contributed by atoms with Gasteiger partial charge < -0.3 is 9.47 Å². The van der Waals surface area contributed by atoms with E-state index in [9.17, 15) is 9.59 Å². The highest BCUT2D eigenvalue weighted by atomic mass is 35.5. The number of fused-ring (bicyclic) bond motifs is 1. The van der Waals surface area contributed by atoms with Crippen molar-refractivity contribution < 1.29 is 0 Å². The second-order valence-corrected chi connectivity index (χ2v) is 8.33. The summed E-state index contributed by atoms with van der Waals surface area (Å²) in [5, 5.41) is 1.35. The van der Waals surface area contributed by atoms with Gasteiger partial charge in [-0.05, 0) is 18.6 Å². The molecule has 1 fully saturated rings. The molecule has 8 nitrogen and oxygen atoms in total. The van der Waals surface area contributed by atoms with Gasteiger partial charge in [0.1, 0.15) is 0 Å². The number of rotatable bonds is 5. The molecule has 2 aromatic heterocycles. The zero-order chi connectivity index (χ0) is 21.4. The first-order valence-electron chi connectivity index (χ1n) is 10.0. The number of hydrogen-bond acceptors (Lipinski definition) is 5. The molecule has 1 aliphatic heterocycles. The summed E-state index contributed by atoms with van der Waals surface area (Å²) in [6.07, 6.45) is 0.853. The molecule has 30 heavy (non-hydrogen) atoms. The Hall–Kier alpha value is -2.29. The van der Waals surface area contributed by atoms with Crippen LogP contribution in [0.3, 0.4) is 0 Å². The molecule has 1 N–H and O–H groups in total. The van der Waals surface area contributed by atoms with Crippen molar-refractivity contribution in [3.8, 4) is 0 Å². The van der Waals surface area contributed by atoms with Crippen molar-refractivity contribution >= 4 is 40.3 Å². The molecular weight excluding hydrogens is 427 g/mol. The number of benzene rings is 1. The first-order valence-corrected chi connectivity index (χ1v) is 10.8. The summed E-state index contributed by atoms with van der Waals surface area (Å²) in [4.78, 5) is 36.0. The number of imidazole rings is 1. The SMILES string of the molecule is CCCn1c(N2CCN(Cc3c(Cl)cccc3Cl)CC2)nc2c1c(=O)[nH]c(=O)n2C. The number of aromatic nitrogens is 4. The van der Waals surface area contributed by atoms with Gasteiger partial charge in [-0.2, -0.15) is 4.98 Å². The topological polar surface area (TPSA) is 79.2 Å². The van der Waals surface area contributed by atoms with Crippen LogP contribution in [0.2, 0.25) is 10.0 Å². The maximum absolute atomic E-state index is 12.5. The second-order valence-electron chi connectivity index (χ2n) is 7.52. The van der Waals surface area contributed by atoms with Gasteiger partial charge in [0.2, 0.25) is 5.95 Å². The Morgan fingerprint density at radius 3 is 2.40 bits per heavy atom. The van der Waals surface area contributed by atoms with Crippen LogP contribution in [0.5, 0.6) is 0 Å². The van der Waals surface area contributed by atoms with Crippen LogP contribution in [0, 0.1) is 0 Å². The Balaban J connectivity index is 1.60. The van der Waals surface area contributed by atoms with Gasteiger partial charge in [-0.25, -0.2) is 4.79 Å². The standard InChI is InChI=1S/C20H24Cl2N6O2/c1-3-7-28-16-17(25(2)20(30)24-18(16)29)23-19(28)27-10-8-26(9-11-27)12-13-14(21)5-4-6-15(13)22/h4-6H,3,7-12H2,1-2H3,(H,24,29,30). The molecule has 1 aliphatic rings. The van der Waals surface area contributed by atoms with Crippen molar-refractivity contribution in [2.75, 3.05) is 31.1 Å². The number of aryl methyl sites for hydroxylation is 2. The van der Waals surface area contributed by atoms with Crippen molar-refractivity contribution in [2.45, 2.75) is 26.4 Å². The second kappa shape index (κ2) is 8.45. The van der Waals surface area contributed by atoms with Crippen LogP contribution in [-0.4, -0.2) is 50.2 Å². The third-order valence-corrected chi connectivity index (χ3v) is 6.24. The average Bonchev–Trinajstić information content (AvgIpc) is 3.10. The number of halogens is 2. The van der Waals surface area contributed by atoms with Crippen LogP contribution in [0.25, 0.3) is 11.2 Å². The lowest BCUT2D eigenvalue weighted by molar-refractivity contribution is 0.248. The van der Waals surface area contributed by atoms with E-state index in [2.05, 4.69) is 26.7 Å². The molecule has 1 saturated heterocycles. The first-order chi connectivity index (χ1) is 14.4. The molecule has 0 radical (unpaired) electrons. The quantitative estimate of drug-likeness (QED) is 0.645. The van der Waals surface area contributed by atoms with Gasteiger partial charge in [0.25, 0.3) is 5.56 Å². The van der Waals surface area contributed by atoms with Crippen LogP contribution in [-0.2, 0) is 20.1 Å². The maximum atomic E-state index is 12.5. The largest absolute Gasteiger partial charge is 0.340 e. The van der Waals surface area contributed by atoms with E-state index in [1.807, 2.05) is 22.8 Å². The molecule has 0 saturated carbocycles. The van der Waals surface area contributed by atoms with Crippen LogP contribution < -0.4 is 16.1 Å². The highest BCUT2D eigenvalue weighted by Crippen LogP contribution is 2.27. The van der Waals surface area contributed by atoms with Gasteiger partial charge in [0, 0.05) is 61.9 Å². The lowest BCUT2D eigenvalue weighted by Gasteiger charge is -2.35. The summed E-state index contributed by atoms with van der Waals surface area (Å²) in [6.45, 7) is 6.52. The fourth-order valence-electron chi connectivity index (χ4n) is 3.91. The normalized spacial score (nSPS) is 15.3. The molecule has 0 unspecified atom stereocenters. The molecule has 0 atom stereocenters. The molecule has 0 bridgehead atoms. The zero-order valence-corrected chi connectivity index (χ0v) is 18.5. The third kappa shape index (κ3) is 3.75. The molecular formula is C20H24Cl2N6O2. The van der Waals surface area contributed by atoms with Gasteiger partial charge in [-0.3, -0.25) is 19.2 Å². The van der Waals surface area contributed by atoms with Crippen molar-refractivity contribution in [1.82, 2.24) is 24.0 Å². The molecule has 0 aliphatic carbocycles. The van der Waals surface area contributed by atoms with E-state index in [0.717, 1.165) is 44.1 Å². The summed E-state index contributed by atoms with van der Waals surface area (Å²) >= 11 is 12.6. The van der Waals surface area contributed by atoms with Gasteiger partial charge >= 0.3 is 5.69 Å². The van der Waals surface area contributed by atoms with E-state index in [1.165, 1.54) is 4.57 Å². The van der Waals surface area contributed by atoms with Crippen molar-refractivity contribution in [3.63, 3.8) is 0 Å². The molecule has 0 spiro atoms. The molecule has 10 heteroatoms. The van der Waals surface area contributed by atoms with Gasteiger partial charge in [0.15, 0.2) is 11.2 Å². The molecule has 4 rings (SSSR count). The van der Waals surface area contributed by atoms with Crippen LogP contribution in [0.15, 0.2) is 27.8 Å². The molecule has 3 aromatic rings. The number of aromatic amines is 1. The van der Waals surface area contributed by atoms with Gasteiger partial charge in [0.05, 0.1) is 0 Å². The fourth-order valence-corrected chi connectivity index (χ4v) is 4.43. The Morgan fingerprint density at radius 1 is 1.10 bits per heavy atom. The van der Waals surface area contributed by atoms with E-state index < -0.39 is 11.2 Å². The number of hydrogen-bond donors (Lipinski definition) is 1. The number of nitrogens with zero attached hydrogens (tertiary/aromatic N) is 5. The average molecular weight is 451 g/mol. The van der Waals surface area contributed by atoms with Crippen molar-refractivity contribution in [1.29, 1.82) is 0 Å². The Morgan fingerprint density at radius 2 is 1.77 bits per heavy atom. The molecule has 1 aromatic carbocycles. The third-order valence-electron chi connectivity index (χ3n) is 5.53. The van der Waals surface area contributed by atoms with E-state index in [0.29, 0.717) is 34.3 Å². The summed E-state index contributed by atoms with van der Waals surface area (Å²) in [5.41, 5.74) is 0.944. The molecule has 160 valence electrons. The fraction of sp³-hybridized carbons (Fsp3) is 0.450. The van der Waals surface area contributed by atoms with E-state index >= 15 is 0 Å². The minimum Gasteiger partial charge on any atom is -0.340 e. The zero-order valence-electron chi connectivity index (χ0n) is 17.0. The monoisotopic (exact) mass is 450 g/mol. The van der Waals surface area contributed by atoms with Crippen LogP contribution in [0.4, 0.5) is 5.95 Å². The number of anilines is 1.